The maximum Gasteiger partial charge on any atom is 0.522 e. The van der Waals surface area contributed by atoms with Crippen molar-refractivity contribution >= 4 is 35.6 Å². The van der Waals surface area contributed by atoms with Crippen molar-refractivity contribution in [1.82, 2.24) is 49.8 Å². The second-order valence-electron chi connectivity index (χ2n) is 21.5. The Labute approximate surface area is 417 Å². The molecule has 0 aromatic carbocycles. The standard InChI is InChI=1S/C25H32F4N6O4.C21H24F4N6O4/c1-23(2,3)35-20(30-21(36)19-7-15(31-33(19)4)12-39-25(27,28)29)8-17(32-35)14-5-16(26)18(6-14)34(22(37)38)24-9-13(10-24)11-24;1-31-15(4-12(30-31)9-34-21(23,24)25)18(32)26-17-5-14(28-29-17)11-2-13(22)16(3-11)35-19(33)27-20-6-10(7-20)8-20/h7-8,13-14,16,18H,5-6,9-12H2,1-4H3,(H,30,36)(H,37,38);4-5,10-11,13,16H,2-3,6-9H2,1H3,(H,27,33)(H2,26,28,29,32)/t13?,14-,16-,18-,24?;10?,11-,13-,16-,20?/m00/s1. The number of aromatic amines is 1. The van der Waals surface area contributed by atoms with Crippen LogP contribution in [-0.2, 0) is 47.1 Å². The third-order valence-corrected chi connectivity index (χ3v) is 15.0. The molecule has 8 saturated carbocycles. The molecule has 0 saturated heterocycles. The molecule has 74 heavy (non-hydrogen) atoms. The van der Waals surface area contributed by atoms with E-state index in [1.54, 1.807) is 16.8 Å². The number of halogens is 8. The average molecular weight is 1060 g/mol. The summed E-state index contributed by atoms with van der Waals surface area (Å²) in [6.45, 7) is 3.96. The van der Waals surface area contributed by atoms with Gasteiger partial charge in [-0.25, -0.2) is 23.1 Å². The highest BCUT2D eigenvalue weighted by atomic mass is 19.4. The molecule has 0 spiro atoms. The largest absolute Gasteiger partial charge is 0.522 e. The molecule has 4 aromatic heterocycles. The lowest BCUT2D eigenvalue weighted by molar-refractivity contribution is -0.331. The van der Waals surface area contributed by atoms with Crippen molar-refractivity contribution in [3.8, 4) is 0 Å². The van der Waals surface area contributed by atoms with Gasteiger partial charge in [-0.3, -0.25) is 38.4 Å². The first-order valence-corrected chi connectivity index (χ1v) is 24.1. The van der Waals surface area contributed by atoms with Gasteiger partial charge in [0.1, 0.15) is 48.9 Å². The molecule has 6 atom stereocenters. The fraction of sp³-hybridized carbons (Fsp3) is 0.652. The van der Waals surface area contributed by atoms with Gasteiger partial charge in [0.25, 0.3) is 11.8 Å². The highest BCUT2D eigenvalue weighted by Crippen LogP contribution is 2.62. The van der Waals surface area contributed by atoms with Crippen LogP contribution in [0.5, 0.6) is 0 Å². The number of carbonyl (C=O) groups is 4. The van der Waals surface area contributed by atoms with E-state index in [-0.39, 0.29) is 65.2 Å². The fourth-order valence-corrected chi connectivity index (χ4v) is 11.3. The predicted octanol–water partition coefficient (Wildman–Crippen LogP) is 8.07. The minimum Gasteiger partial charge on any atom is -0.465 e. The first kappa shape index (κ1) is 52.5. The summed E-state index contributed by atoms with van der Waals surface area (Å²) in [6.07, 6.45) is -8.80. The molecule has 28 heteroatoms. The van der Waals surface area contributed by atoms with Crippen LogP contribution < -0.4 is 16.0 Å². The quantitative estimate of drug-likeness (QED) is 0.0754. The maximum atomic E-state index is 15.3. The molecule has 5 N–H and O–H groups in total. The molecule has 20 nitrogen and oxygen atoms in total. The Morgan fingerprint density at radius 2 is 1.31 bits per heavy atom. The van der Waals surface area contributed by atoms with Gasteiger partial charge in [-0.2, -0.15) is 20.4 Å². The molecule has 0 unspecified atom stereocenters. The number of alkyl halides is 8. The van der Waals surface area contributed by atoms with Crippen LogP contribution in [0.25, 0.3) is 0 Å². The molecule has 4 heterocycles. The van der Waals surface area contributed by atoms with Gasteiger partial charge in [0.15, 0.2) is 5.82 Å². The molecule has 4 bridgehead atoms. The van der Waals surface area contributed by atoms with E-state index in [1.165, 1.54) is 31.1 Å². The van der Waals surface area contributed by atoms with Gasteiger partial charge < -0.3 is 25.8 Å². The monoisotopic (exact) mass is 1060 g/mol. The molecule has 4 amide bonds. The van der Waals surface area contributed by atoms with E-state index in [9.17, 15) is 55.0 Å². The summed E-state index contributed by atoms with van der Waals surface area (Å²) < 4.78 is 120. The molecule has 8 fully saturated rings. The first-order chi connectivity index (χ1) is 34.5. The SMILES string of the molecule is Cn1nc(COC(F)(F)F)cc1C(=O)Nc1cc([C@@H]2C[C@H](OC(=O)NC34CC(C3)C4)[C@@H](F)C2)[nH]n1.Cn1nc(COC(F)(F)F)cc1C(=O)Nc1cc([C@H]2C[C@H](F)[C@@H](N(C(=O)O)C34CC(C3)C4)C2)nn1C(C)(C)C. The van der Waals surface area contributed by atoms with Crippen LogP contribution in [0.15, 0.2) is 24.3 Å². The average Bonchev–Trinajstić information content (AvgIpc) is 4.10. The molecule has 8 aliphatic carbocycles. The molecule has 0 radical (unpaired) electrons. The lowest BCUT2D eigenvalue weighted by Crippen LogP contribution is -2.72. The number of H-pyrrole nitrogens is 1. The number of hydrogen-bond donors (Lipinski definition) is 5. The number of aromatic nitrogens is 8. The maximum absolute atomic E-state index is 15.3. The lowest BCUT2D eigenvalue weighted by atomic mass is 9.49. The molecule has 12 rings (SSSR count). The normalized spacial score (nSPS) is 28.7. The number of carboxylic acid groups (broad SMARTS) is 1. The lowest BCUT2D eigenvalue weighted by Gasteiger charge is -2.66. The summed E-state index contributed by atoms with van der Waals surface area (Å²) >= 11 is 0. The number of carbonyl (C=O) groups excluding carboxylic acids is 3. The van der Waals surface area contributed by atoms with E-state index in [0.29, 0.717) is 35.5 Å². The van der Waals surface area contributed by atoms with Gasteiger partial charge in [-0.1, -0.05) is 0 Å². The zero-order valence-electron chi connectivity index (χ0n) is 40.8. The van der Waals surface area contributed by atoms with Gasteiger partial charge in [0.2, 0.25) is 0 Å². The number of nitrogens with one attached hydrogen (secondary N) is 4. The zero-order chi connectivity index (χ0) is 53.4. The van der Waals surface area contributed by atoms with Gasteiger partial charge in [-0.05, 0) is 109 Å². The molecule has 8 aliphatic rings. The van der Waals surface area contributed by atoms with Gasteiger partial charge in [-0.15, -0.1) is 26.3 Å². The molecular weight excluding hydrogens is 1000 g/mol. The second-order valence-corrected chi connectivity index (χ2v) is 21.5. The first-order valence-electron chi connectivity index (χ1n) is 24.1. The number of aryl methyl sites for hydroxylation is 2. The highest BCUT2D eigenvalue weighted by Gasteiger charge is 2.64. The van der Waals surface area contributed by atoms with Crippen molar-refractivity contribution < 1.29 is 73.6 Å². The third-order valence-electron chi connectivity index (χ3n) is 15.0. The van der Waals surface area contributed by atoms with Gasteiger partial charge in [0.05, 0.1) is 28.7 Å². The van der Waals surface area contributed by atoms with Crippen LogP contribution in [0.3, 0.4) is 0 Å². The molecule has 0 aliphatic heterocycles. The predicted molar refractivity (Wildman–Crippen MR) is 241 cm³/mol. The summed E-state index contributed by atoms with van der Waals surface area (Å²) in [4.78, 5) is 51.3. The smallest absolute Gasteiger partial charge is 0.465 e. The van der Waals surface area contributed by atoms with E-state index in [2.05, 4.69) is 50.9 Å². The Morgan fingerprint density at radius 1 is 0.757 bits per heavy atom. The number of hydrogen-bond acceptors (Lipinski definition) is 11. The van der Waals surface area contributed by atoms with Crippen LogP contribution in [0.2, 0.25) is 0 Å². The number of rotatable bonds is 14. The van der Waals surface area contributed by atoms with Crippen LogP contribution in [-0.4, -0.2) is 122 Å². The van der Waals surface area contributed by atoms with Crippen molar-refractivity contribution in [1.29, 1.82) is 0 Å². The number of alkyl carbamates (subject to hydrolysis) is 1. The Kier molecular flexibility index (Phi) is 13.6. The summed E-state index contributed by atoms with van der Waals surface area (Å²) in [5.41, 5.74) is -0.174. The van der Waals surface area contributed by atoms with Crippen molar-refractivity contribution in [2.24, 2.45) is 25.9 Å². The van der Waals surface area contributed by atoms with E-state index >= 15 is 4.39 Å². The van der Waals surface area contributed by atoms with E-state index in [0.717, 1.165) is 47.9 Å². The zero-order valence-corrected chi connectivity index (χ0v) is 40.8. The van der Waals surface area contributed by atoms with Crippen molar-refractivity contribution in [3.63, 3.8) is 0 Å². The minimum absolute atomic E-state index is 0.00297. The molecule has 4 aromatic rings. The van der Waals surface area contributed by atoms with E-state index in [1.807, 2.05) is 20.8 Å². The van der Waals surface area contributed by atoms with Crippen LogP contribution >= 0.6 is 0 Å². The second kappa shape index (κ2) is 19.1. The number of amides is 4. The number of nitrogens with zero attached hydrogens (tertiary/aromatic N) is 8. The van der Waals surface area contributed by atoms with Crippen LogP contribution in [0.4, 0.5) is 56.3 Å². The molecular formula is C46H56F8N12O8. The van der Waals surface area contributed by atoms with Gasteiger partial charge in [0, 0.05) is 54.8 Å². The third kappa shape index (κ3) is 11.1. The number of ether oxygens (including phenoxy) is 3. The topological polar surface area (TPSA) is 238 Å². The van der Waals surface area contributed by atoms with Crippen molar-refractivity contribution in [2.75, 3.05) is 10.6 Å². The summed E-state index contributed by atoms with van der Waals surface area (Å²) in [5, 5.41) is 37.3. The Morgan fingerprint density at radius 3 is 1.81 bits per heavy atom. The number of anilines is 2. The minimum atomic E-state index is -4.83. The Hall–Kier alpha value is -6.32. The van der Waals surface area contributed by atoms with Crippen molar-refractivity contribution in [3.05, 3.63) is 58.4 Å². The fourth-order valence-electron chi connectivity index (χ4n) is 11.3. The summed E-state index contributed by atoms with van der Waals surface area (Å²) in [6, 6.07) is 4.83. The Bertz CT molecular complexity index is 2750. The summed E-state index contributed by atoms with van der Waals surface area (Å²) in [7, 11) is 2.84. The van der Waals surface area contributed by atoms with Crippen molar-refractivity contribution in [2.45, 2.75) is 164 Å². The van der Waals surface area contributed by atoms with E-state index < -0.39 is 85.5 Å². The summed E-state index contributed by atoms with van der Waals surface area (Å²) in [5.74, 6) is -0.182. The van der Waals surface area contributed by atoms with Crippen LogP contribution in [0.1, 0.15) is 141 Å². The van der Waals surface area contributed by atoms with Crippen LogP contribution in [0, 0.1) is 11.8 Å². The highest BCUT2D eigenvalue weighted by molar-refractivity contribution is 6.03. The van der Waals surface area contributed by atoms with Gasteiger partial charge >= 0.3 is 24.9 Å². The van der Waals surface area contributed by atoms with E-state index in [4.69, 9.17) is 4.74 Å². The molecule has 404 valence electrons. The Balaban J connectivity index is 0.000000183.